The molecule has 2 aliphatic carbocycles. The van der Waals surface area contributed by atoms with Gasteiger partial charge >= 0.3 is 0 Å². The number of allylic oxidation sites excluding steroid dienone is 3. The minimum atomic E-state index is -1.47. The highest BCUT2D eigenvalue weighted by atomic mass is 28.4. The molecule has 2 aromatic rings. The SMILES string of the molecule is C[Si](C)(C)OCCOC1=CCC(c2cc3c(c4c2[Si]4(C)C)Cc2ccccc2-3)=C1. The quantitative estimate of drug-likeness (QED) is 0.417. The lowest BCUT2D eigenvalue weighted by molar-refractivity contribution is 0.161. The van der Waals surface area contributed by atoms with Gasteiger partial charge in [0.05, 0.1) is 6.61 Å². The Labute approximate surface area is 176 Å². The molecule has 0 fully saturated rings. The molecule has 1 heterocycles. The second-order valence-corrected chi connectivity index (χ2v) is 18.7. The summed E-state index contributed by atoms with van der Waals surface area (Å²) in [6.45, 7) is 13.0. The van der Waals surface area contributed by atoms with Crippen LogP contribution in [-0.2, 0) is 15.6 Å². The van der Waals surface area contributed by atoms with Crippen LogP contribution in [-0.4, -0.2) is 29.6 Å². The number of hydrogen-bond acceptors (Lipinski definition) is 2. The maximum absolute atomic E-state index is 6.00. The number of rotatable bonds is 6. The minimum Gasteiger partial charge on any atom is -0.492 e. The van der Waals surface area contributed by atoms with Crippen molar-refractivity contribution in [1.82, 2.24) is 0 Å². The zero-order valence-electron chi connectivity index (χ0n) is 18.2. The first-order valence-corrected chi connectivity index (χ1v) is 17.1. The van der Waals surface area contributed by atoms with E-state index >= 15 is 0 Å². The average molecular weight is 419 g/mol. The van der Waals surface area contributed by atoms with Crippen molar-refractivity contribution >= 4 is 32.3 Å². The molecule has 1 aliphatic heterocycles. The van der Waals surface area contributed by atoms with E-state index in [4.69, 9.17) is 9.16 Å². The number of hydrogen-bond donors (Lipinski definition) is 0. The molecule has 150 valence electrons. The Kier molecular flexibility index (Phi) is 4.32. The molecule has 2 nitrogen and oxygen atoms in total. The van der Waals surface area contributed by atoms with Crippen LogP contribution >= 0.6 is 0 Å². The molecule has 0 amide bonds. The fraction of sp³-hybridized carbons (Fsp3) is 0.360. The highest BCUT2D eigenvalue weighted by Gasteiger charge is 2.50. The van der Waals surface area contributed by atoms with Crippen molar-refractivity contribution in [1.29, 1.82) is 0 Å². The maximum atomic E-state index is 6.00. The van der Waals surface area contributed by atoms with Gasteiger partial charge in [0.25, 0.3) is 0 Å². The molecular formula is C25H30O2Si2. The zero-order valence-corrected chi connectivity index (χ0v) is 20.2. The van der Waals surface area contributed by atoms with Gasteiger partial charge in [-0.15, -0.1) is 0 Å². The van der Waals surface area contributed by atoms with Crippen molar-refractivity contribution in [2.45, 2.75) is 45.6 Å². The maximum Gasteiger partial charge on any atom is 0.183 e. The van der Waals surface area contributed by atoms with Crippen LogP contribution in [0.1, 0.15) is 23.1 Å². The third-order valence-corrected chi connectivity index (χ3v) is 10.8. The molecule has 0 N–H and O–H groups in total. The van der Waals surface area contributed by atoms with E-state index in [0.29, 0.717) is 13.2 Å². The summed E-state index contributed by atoms with van der Waals surface area (Å²) in [5, 5.41) is 3.41. The van der Waals surface area contributed by atoms with Crippen molar-refractivity contribution in [3.05, 3.63) is 64.9 Å². The van der Waals surface area contributed by atoms with Crippen LogP contribution in [0.2, 0.25) is 32.7 Å². The lowest BCUT2D eigenvalue weighted by Gasteiger charge is -2.17. The van der Waals surface area contributed by atoms with Gasteiger partial charge in [-0.2, -0.15) is 0 Å². The summed E-state index contributed by atoms with van der Waals surface area (Å²) < 4.78 is 11.9. The second-order valence-electron chi connectivity index (χ2n) is 9.95. The van der Waals surface area contributed by atoms with E-state index in [9.17, 15) is 0 Å². The van der Waals surface area contributed by atoms with Gasteiger partial charge in [-0.05, 0) is 89.3 Å². The van der Waals surface area contributed by atoms with Crippen LogP contribution in [0.4, 0.5) is 0 Å². The number of ether oxygens (including phenoxy) is 1. The monoisotopic (exact) mass is 418 g/mol. The van der Waals surface area contributed by atoms with E-state index in [1.165, 1.54) is 27.8 Å². The van der Waals surface area contributed by atoms with E-state index in [1.807, 2.05) is 0 Å². The molecule has 2 aromatic carbocycles. The van der Waals surface area contributed by atoms with Gasteiger partial charge in [0.2, 0.25) is 0 Å². The van der Waals surface area contributed by atoms with Crippen LogP contribution in [0.15, 0.2) is 48.2 Å². The zero-order chi connectivity index (χ0) is 20.4. The standard InChI is InChI=1S/C25H30O2Si2/c1-28(2,3)27-13-12-26-19-11-10-18(14-19)21-16-22-20-9-7-6-8-17(20)15-23(22)25-24(21)29(25,4)5/h6-9,11,14,16H,10,12-13,15H2,1-5H3. The predicted molar refractivity (Wildman–Crippen MR) is 127 cm³/mol. The van der Waals surface area contributed by atoms with Gasteiger partial charge in [0.15, 0.2) is 8.32 Å². The van der Waals surface area contributed by atoms with Gasteiger partial charge < -0.3 is 9.16 Å². The highest BCUT2D eigenvalue weighted by Crippen LogP contribution is 2.42. The molecule has 0 radical (unpaired) electrons. The first-order chi connectivity index (χ1) is 13.8. The average Bonchev–Trinajstić information content (AvgIpc) is 3.03. The van der Waals surface area contributed by atoms with Crippen molar-refractivity contribution in [2.24, 2.45) is 0 Å². The first kappa shape index (κ1) is 19.1. The molecule has 0 atom stereocenters. The summed E-state index contributed by atoms with van der Waals surface area (Å²) in [7, 11) is -2.87. The van der Waals surface area contributed by atoms with E-state index in [0.717, 1.165) is 18.6 Å². The van der Waals surface area contributed by atoms with E-state index in [2.05, 4.69) is 75.2 Å². The molecule has 0 aromatic heterocycles. The van der Waals surface area contributed by atoms with Crippen molar-refractivity contribution in [2.75, 3.05) is 13.2 Å². The lowest BCUT2D eigenvalue weighted by atomic mass is 9.98. The van der Waals surface area contributed by atoms with E-state index in [1.54, 1.807) is 15.9 Å². The summed E-state index contributed by atoms with van der Waals surface area (Å²) in [6.07, 6.45) is 6.59. The fourth-order valence-electron chi connectivity index (χ4n) is 5.01. The van der Waals surface area contributed by atoms with Gasteiger partial charge in [-0.3, -0.25) is 0 Å². The Hall–Kier alpha value is -1.89. The summed E-state index contributed by atoms with van der Waals surface area (Å²) in [6, 6.07) is 11.4. The molecule has 0 spiro atoms. The van der Waals surface area contributed by atoms with Crippen LogP contribution in [0.25, 0.3) is 16.7 Å². The molecule has 0 bridgehead atoms. The highest BCUT2D eigenvalue weighted by molar-refractivity contribution is 7.16. The summed E-state index contributed by atoms with van der Waals surface area (Å²) >= 11 is 0. The minimum absolute atomic E-state index is 0.635. The van der Waals surface area contributed by atoms with Crippen LogP contribution in [0.3, 0.4) is 0 Å². The molecule has 0 saturated heterocycles. The fourth-order valence-corrected chi connectivity index (χ4v) is 9.56. The second kappa shape index (κ2) is 6.56. The topological polar surface area (TPSA) is 18.5 Å². The predicted octanol–water partition coefficient (Wildman–Crippen LogP) is 4.93. The third kappa shape index (κ3) is 3.27. The lowest BCUT2D eigenvalue weighted by Crippen LogP contribution is -2.27. The normalized spacial score (nSPS) is 18.0. The van der Waals surface area contributed by atoms with Crippen LogP contribution in [0.5, 0.6) is 0 Å². The van der Waals surface area contributed by atoms with Crippen LogP contribution in [0, 0.1) is 0 Å². The van der Waals surface area contributed by atoms with Gasteiger partial charge in [-0.25, -0.2) is 0 Å². The Morgan fingerprint density at radius 1 is 0.966 bits per heavy atom. The van der Waals surface area contributed by atoms with Crippen molar-refractivity contribution < 1.29 is 9.16 Å². The van der Waals surface area contributed by atoms with E-state index in [-0.39, 0.29) is 0 Å². The Morgan fingerprint density at radius 3 is 2.55 bits per heavy atom. The van der Waals surface area contributed by atoms with Crippen molar-refractivity contribution in [3.63, 3.8) is 0 Å². The molecule has 29 heavy (non-hydrogen) atoms. The molecule has 0 saturated carbocycles. The van der Waals surface area contributed by atoms with Crippen molar-refractivity contribution in [3.8, 4) is 11.1 Å². The van der Waals surface area contributed by atoms with Crippen LogP contribution < -0.4 is 10.4 Å². The van der Waals surface area contributed by atoms with E-state index < -0.39 is 16.4 Å². The summed E-state index contributed by atoms with van der Waals surface area (Å²) in [5.41, 5.74) is 8.94. The van der Waals surface area contributed by atoms with Gasteiger partial charge in [0, 0.05) is 0 Å². The third-order valence-electron chi connectivity index (χ3n) is 6.37. The Bertz CT molecular complexity index is 1070. The molecule has 4 heteroatoms. The first-order valence-electron chi connectivity index (χ1n) is 10.7. The van der Waals surface area contributed by atoms with Gasteiger partial charge in [-0.1, -0.05) is 42.5 Å². The smallest absolute Gasteiger partial charge is 0.183 e. The largest absolute Gasteiger partial charge is 0.492 e. The molecule has 0 unspecified atom stereocenters. The van der Waals surface area contributed by atoms with Gasteiger partial charge in [0.1, 0.15) is 20.4 Å². The summed E-state index contributed by atoms with van der Waals surface area (Å²) in [5.74, 6) is 1.01. The number of benzene rings is 2. The molecule has 3 aliphatic rings. The molecular weight excluding hydrogens is 388 g/mol. The Balaban J connectivity index is 1.40. The number of fused-ring (bicyclic) bond motifs is 5. The summed E-state index contributed by atoms with van der Waals surface area (Å²) in [4.78, 5) is 0. The Morgan fingerprint density at radius 2 is 1.76 bits per heavy atom. The molecule has 5 rings (SSSR count).